The van der Waals surface area contributed by atoms with E-state index >= 15 is 0 Å². The molecule has 5 nitrogen and oxygen atoms in total. The molecular formula is C17H21N3O2. The van der Waals surface area contributed by atoms with Crippen molar-refractivity contribution >= 4 is 0 Å². The zero-order valence-electron chi connectivity index (χ0n) is 13.2. The number of benzene rings is 1. The molecule has 0 bridgehead atoms. The quantitative estimate of drug-likeness (QED) is 0.940. The summed E-state index contributed by atoms with van der Waals surface area (Å²) in [5, 5.41) is 3.47. The van der Waals surface area contributed by atoms with Crippen LogP contribution in [0.25, 0.3) is 0 Å². The molecule has 2 aromatic rings. The summed E-state index contributed by atoms with van der Waals surface area (Å²) in [6.07, 6.45) is 1.90. The van der Waals surface area contributed by atoms with Gasteiger partial charge in [0.05, 0.1) is 0 Å². The van der Waals surface area contributed by atoms with Crippen molar-refractivity contribution in [3.05, 3.63) is 47.5 Å². The molecule has 2 unspecified atom stereocenters. The highest BCUT2D eigenvalue weighted by molar-refractivity contribution is 5.40. The fourth-order valence-electron chi connectivity index (χ4n) is 2.60. The van der Waals surface area contributed by atoms with Crippen LogP contribution in [-0.2, 0) is 0 Å². The van der Waals surface area contributed by atoms with E-state index in [-0.39, 0.29) is 12.1 Å². The number of hydrogen-bond donors (Lipinski definition) is 1. The van der Waals surface area contributed by atoms with E-state index in [1.54, 1.807) is 0 Å². The smallest absolute Gasteiger partial charge is 0.161 e. The minimum absolute atomic E-state index is 0.00372. The van der Waals surface area contributed by atoms with Crippen LogP contribution in [0.4, 0.5) is 0 Å². The van der Waals surface area contributed by atoms with Crippen LogP contribution in [0, 0.1) is 13.8 Å². The van der Waals surface area contributed by atoms with Crippen LogP contribution in [0.2, 0.25) is 0 Å². The fourth-order valence-corrected chi connectivity index (χ4v) is 2.60. The minimum Gasteiger partial charge on any atom is -0.486 e. The Morgan fingerprint density at radius 3 is 2.82 bits per heavy atom. The standard InChI is InChI=1S/C17H21N3O2/c1-11(15-9-19-13(3)20-12(15)2)18-8-14-10-21-16-6-4-5-7-17(16)22-14/h4-7,9,11,14,18H,8,10H2,1-3H3. The largest absolute Gasteiger partial charge is 0.486 e. The molecule has 2 atom stereocenters. The molecule has 0 radical (unpaired) electrons. The lowest BCUT2D eigenvalue weighted by atomic mass is 10.1. The van der Waals surface area contributed by atoms with Crippen molar-refractivity contribution in [2.45, 2.75) is 32.9 Å². The Morgan fingerprint density at radius 1 is 1.27 bits per heavy atom. The summed E-state index contributed by atoms with van der Waals surface area (Å²) in [7, 11) is 0. The van der Waals surface area contributed by atoms with Crippen molar-refractivity contribution in [3.63, 3.8) is 0 Å². The number of ether oxygens (including phenoxy) is 2. The predicted octanol–water partition coefficient (Wildman–Crippen LogP) is 2.58. The molecule has 5 heteroatoms. The lowest BCUT2D eigenvalue weighted by molar-refractivity contribution is 0.0885. The molecule has 3 rings (SSSR count). The predicted molar refractivity (Wildman–Crippen MR) is 84.3 cm³/mol. The first-order valence-electron chi connectivity index (χ1n) is 7.55. The molecular weight excluding hydrogens is 278 g/mol. The maximum absolute atomic E-state index is 5.95. The van der Waals surface area contributed by atoms with Crippen molar-refractivity contribution in [2.75, 3.05) is 13.2 Å². The van der Waals surface area contributed by atoms with Gasteiger partial charge < -0.3 is 14.8 Å². The third-order valence-corrected chi connectivity index (χ3v) is 3.82. The van der Waals surface area contributed by atoms with Gasteiger partial charge in [-0.25, -0.2) is 9.97 Å². The molecule has 22 heavy (non-hydrogen) atoms. The topological polar surface area (TPSA) is 56.3 Å². The number of para-hydroxylation sites is 2. The molecule has 116 valence electrons. The van der Waals surface area contributed by atoms with Gasteiger partial charge >= 0.3 is 0 Å². The lowest BCUT2D eigenvalue weighted by Gasteiger charge is -2.28. The van der Waals surface area contributed by atoms with E-state index in [4.69, 9.17) is 9.47 Å². The summed E-state index contributed by atoms with van der Waals surface area (Å²) in [4.78, 5) is 8.69. The van der Waals surface area contributed by atoms with Crippen molar-refractivity contribution < 1.29 is 9.47 Å². The number of hydrogen-bond acceptors (Lipinski definition) is 5. The van der Waals surface area contributed by atoms with Gasteiger partial charge in [0.2, 0.25) is 0 Å². The number of aryl methyl sites for hydroxylation is 2. The average Bonchev–Trinajstić information content (AvgIpc) is 2.52. The molecule has 1 aromatic heterocycles. The van der Waals surface area contributed by atoms with Gasteiger partial charge in [-0.15, -0.1) is 0 Å². The second-order valence-electron chi connectivity index (χ2n) is 5.59. The third kappa shape index (κ3) is 3.20. The summed E-state index contributed by atoms with van der Waals surface area (Å²) in [5.74, 6) is 2.42. The fraction of sp³-hybridized carbons (Fsp3) is 0.412. The van der Waals surface area contributed by atoms with Crippen LogP contribution < -0.4 is 14.8 Å². The maximum Gasteiger partial charge on any atom is 0.161 e. The first-order chi connectivity index (χ1) is 10.6. The molecule has 0 fully saturated rings. The number of aromatic nitrogens is 2. The van der Waals surface area contributed by atoms with Crippen LogP contribution in [0.15, 0.2) is 30.5 Å². The molecule has 1 aliphatic rings. The Hall–Kier alpha value is -2.14. The molecule has 1 aromatic carbocycles. The van der Waals surface area contributed by atoms with Crippen LogP contribution >= 0.6 is 0 Å². The maximum atomic E-state index is 5.95. The third-order valence-electron chi connectivity index (χ3n) is 3.82. The minimum atomic E-state index is 0.00372. The van der Waals surface area contributed by atoms with Gasteiger partial charge in [0.15, 0.2) is 11.5 Å². The second kappa shape index (κ2) is 6.32. The van der Waals surface area contributed by atoms with Crippen molar-refractivity contribution in [2.24, 2.45) is 0 Å². The van der Waals surface area contributed by atoms with Gasteiger partial charge in [-0.3, -0.25) is 0 Å². The van der Waals surface area contributed by atoms with E-state index in [0.717, 1.165) is 28.6 Å². The second-order valence-corrected chi connectivity index (χ2v) is 5.59. The van der Waals surface area contributed by atoms with Crippen LogP contribution in [0.1, 0.15) is 30.0 Å². The summed E-state index contributed by atoms with van der Waals surface area (Å²) < 4.78 is 11.7. The van der Waals surface area contributed by atoms with E-state index in [1.165, 1.54) is 0 Å². The van der Waals surface area contributed by atoms with Crippen LogP contribution in [-0.4, -0.2) is 29.2 Å². The van der Waals surface area contributed by atoms with Gasteiger partial charge in [0, 0.05) is 30.0 Å². The lowest BCUT2D eigenvalue weighted by Crippen LogP contribution is -2.39. The molecule has 0 saturated heterocycles. The van der Waals surface area contributed by atoms with E-state index in [0.29, 0.717) is 13.2 Å². The number of nitrogens with one attached hydrogen (secondary N) is 1. The molecule has 1 N–H and O–H groups in total. The highest BCUT2D eigenvalue weighted by Gasteiger charge is 2.21. The van der Waals surface area contributed by atoms with E-state index in [1.807, 2.05) is 44.3 Å². The van der Waals surface area contributed by atoms with Crippen LogP contribution in [0.5, 0.6) is 11.5 Å². The number of rotatable bonds is 4. The van der Waals surface area contributed by atoms with Crippen LogP contribution in [0.3, 0.4) is 0 Å². The van der Waals surface area contributed by atoms with Gasteiger partial charge in [-0.1, -0.05) is 12.1 Å². The first-order valence-corrected chi connectivity index (χ1v) is 7.55. The summed E-state index contributed by atoms with van der Waals surface area (Å²) in [5.41, 5.74) is 2.13. The molecule has 0 amide bonds. The molecule has 0 saturated carbocycles. The van der Waals surface area contributed by atoms with E-state index in [9.17, 15) is 0 Å². The Labute approximate surface area is 130 Å². The number of fused-ring (bicyclic) bond motifs is 1. The zero-order valence-corrected chi connectivity index (χ0v) is 13.2. The van der Waals surface area contributed by atoms with E-state index < -0.39 is 0 Å². The SMILES string of the molecule is Cc1ncc(C(C)NCC2COc3ccccc3O2)c(C)n1. The summed E-state index contributed by atoms with van der Waals surface area (Å²) >= 11 is 0. The summed E-state index contributed by atoms with van der Waals surface area (Å²) in [6.45, 7) is 7.29. The normalized spacial score (nSPS) is 18.0. The van der Waals surface area contributed by atoms with Gasteiger partial charge in [0.1, 0.15) is 18.5 Å². The van der Waals surface area contributed by atoms with Crippen molar-refractivity contribution in [3.8, 4) is 11.5 Å². The zero-order chi connectivity index (χ0) is 15.5. The summed E-state index contributed by atoms with van der Waals surface area (Å²) in [6, 6.07) is 7.93. The Balaban J connectivity index is 1.59. The monoisotopic (exact) mass is 299 g/mol. The van der Waals surface area contributed by atoms with Gasteiger partial charge in [-0.2, -0.15) is 0 Å². The van der Waals surface area contributed by atoms with E-state index in [2.05, 4.69) is 22.2 Å². The molecule has 0 aliphatic carbocycles. The Bertz CT molecular complexity index is 660. The molecule has 0 spiro atoms. The Kier molecular flexibility index (Phi) is 4.24. The molecule has 2 heterocycles. The molecule has 1 aliphatic heterocycles. The van der Waals surface area contributed by atoms with Crippen molar-refractivity contribution in [1.29, 1.82) is 0 Å². The first kappa shape index (κ1) is 14.8. The van der Waals surface area contributed by atoms with Gasteiger partial charge in [-0.05, 0) is 32.9 Å². The van der Waals surface area contributed by atoms with Gasteiger partial charge in [0.25, 0.3) is 0 Å². The van der Waals surface area contributed by atoms with Crippen molar-refractivity contribution in [1.82, 2.24) is 15.3 Å². The number of nitrogens with zero attached hydrogens (tertiary/aromatic N) is 2. The Morgan fingerprint density at radius 2 is 2.05 bits per heavy atom. The highest BCUT2D eigenvalue weighted by atomic mass is 16.6. The highest BCUT2D eigenvalue weighted by Crippen LogP contribution is 2.30. The average molecular weight is 299 g/mol.